The van der Waals surface area contributed by atoms with Gasteiger partial charge in [-0.1, -0.05) is 30.3 Å². The molecule has 9 heteroatoms. The highest BCUT2D eigenvalue weighted by atomic mass is 19.4. The van der Waals surface area contributed by atoms with Gasteiger partial charge in [-0.15, -0.1) is 0 Å². The Morgan fingerprint density at radius 2 is 1.53 bits per heavy atom. The Hall–Kier alpha value is -2.91. The molecule has 2 fully saturated rings. The number of fused-ring (bicyclic) bond motifs is 2. The van der Waals surface area contributed by atoms with E-state index in [1.54, 1.807) is 0 Å². The molecule has 0 saturated heterocycles. The maximum absolute atomic E-state index is 13.2. The molecule has 1 heterocycles. The fourth-order valence-electron chi connectivity index (χ4n) is 4.57. The molecule has 1 aromatic heterocycles. The maximum Gasteiger partial charge on any atom is 0.433 e. The second kappa shape index (κ2) is 10.1. The summed E-state index contributed by atoms with van der Waals surface area (Å²) in [7, 11) is 0. The van der Waals surface area contributed by atoms with E-state index in [1.165, 1.54) is 0 Å². The minimum absolute atomic E-state index is 0.0594. The van der Waals surface area contributed by atoms with E-state index in [2.05, 4.69) is 4.98 Å². The van der Waals surface area contributed by atoms with Crippen molar-refractivity contribution in [1.29, 1.82) is 0 Å². The van der Waals surface area contributed by atoms with Crippen molar-refractivity contribution in [1.82, 2.24) is 4.98 Å². The number of Topliss-reactive ketones (excluding diaryl/α,β-unsaturated/α-hetero) is 3. The largest absolute Gasteiger partial charge is 0.433 e. The number of halogens is 3. The summed E-state index contributed by atoms with van der Waals surface area (Å²) in [4.78, 5) is 42.2. The first-order valence-electron chi connectivity index (χ1n) is 11.1. The third-order valence-corrected chi connectivity index (χ3v) is 6.32. The van der Waals surface area contributed by atoms with E-state index < -0.39 is 35.1 Å². The Labute approximate surface area is 194 Å². The number of alkyl halides is 3. The number of rotatable bonds is 9. The lowest BCUT2D eigenvalue weighted by molar-refractivity contribution is -0.141. The van der Waals surface area contributed by atoms with Crippen molar-refractivity contribution in [2.45, 2.75) is 38.7 Å². The SMILES string of the molecule is O=C(c1ccc(C(F)(F)F)nc1COCCOCc1ccccc1)C1C(=O)C2CCC(C2)C1=O. The molecule has 34 heavy (non-hydrogen) atoms. The van der Waals surface area contributed by atoms with Gasteiger partial charge in [-0.25, -0.2) is 4.98 Å². The molecule has 0 amide bonds. The van der Waals surface area contributed by atoms with Crippen molar-refractivity contribution in [2.24, 2.45) is 17.8 Å². The highest BCUT2D eigenvalue weighted by Gasteiger charge is 2.50. The van der Waals surface area contributed by atoms with E-state index in [9.17, 15) is 27.6 Å². The predicted molar refractivity (Wildman–Crippen MR) is 114 cm³/mol. The molecule has 2 atom stereocenters. The molecule has 0 N–H and O–H groups in total. The van der Waals surface area contributed by atoms with Gasteiger partial charge < -0.3 is 9.47 Å². The number of carbonyl (C=O) groups excluding carboxylic acids is 3. The Bertz CT molecular complexity index is 1050. The first-order valence-corrected chi connectivity index (χ1v) is 11.1. The van der Waals surface area contributed by atoms with Crippen LogP contribution in [0, 0.1) is 17.8 Å². The number of benzene rings is 1. The summed E-state index contributed by atoms with van der Waals surface area (Å²) in [5.74, 6) is -3.85. The number of hydrogen-bond acceptors (Lipinski definition) is 6. The van der Waals surface area contributed by atoms with Crippen LogP contribution in [0.3, 0.4) is 0 Å². The molecule has 2 aliphatic rings. The second-order valence-corrected chi connectivity index (χ2v) is 8.59. The normalized spacial score (nSPS) is 22.3. The number of aromatic nitrogens is 1. The summed E-state index contributed by atoms with van der Waals surface area (Å²) < 4.78 is 50.6. The molecule has 1 aromatic carbocycles. The third-order valence-electron chi connectivity index (χ3n) is 6.32. The maximum atomic E-state index is 13.2. The second-order valence-electron chi connectivity index (χ2n) is 8.59. The lowest BCUT2D eigenvalue weighted by Gasteiger charge is -2.25. The van der Waals surface area contributed by atoms with Crippen LogP contribution in [0.15, 0.2) is 42.5 Å². The van der Waals surface area contributed by atoms with Gasteiger partial charge in [0.25, 0.3) is 0 Å². The van der Waals surface area contributed by atoms with Crippen molar-refractivity contribution in [3.8, 4) is 0 Å². The van der Waals surface area contributed by atoms with Crippen LogP contribution in [0.2, 0.25) is 0 Å². The molecule has 0 aliphatic heterocycles. The van der Waals surface area contributed by atoms with Gasteiger partial charge in [0.05, 0.1) is 32.1 Å². The van der Waals surface area contributed by atoms with E-state index in [0.29, 0.717) is 31.9 Å². The van der Waals surface area contributed by atoms with E-state index in [1.807, 2.05) is 30.3 Å². The van der Waals surface area contributed by atoms with Crippen LogP contribution in [-0.4, -0.2) is 35.5 Å². The molecule has 2 bridgehead atoms. The number of ketones is 3. The van der Waals surface area contributed by atoms with Gasteiger partial charge in [-0.2, -0.15) is 13.2 Å². The fourth-order valence-corrected chi connectivity index (χ4v) is 4.57. The third kappa shape index (κ3) is 5.26. The Balaban J connectivity index is 1.45. The molecule has 0 radical (unpaired) electrons. The van der Waals surface area contributed by atoms with Gasteiger partial charge in [0, 0.05) is 17.4 Å². The highest BCUT2D eigenvalue weighted by Crippen LogP contribution is 2.41. The highest BCUT2D eigenvalue weighted by molar-refractivity contribution is 6.26. The van der Waals surface area contributed by atoms with Crippen LogP contribution < -0.4 is 0 Å². The molecular weight excluding hydrogens is 451 g/mol. The van der Waals surface area contributed by atoms with Crippen LogP contribution in [0.25, 0.3) is 0 Å². The molecule has 0 spiro atoms. The van der Waals surface area contributed by atoms with Crippen LogP contribution in [-0.2, 0) is 38.5 Å². The monoisotopic (exact) mass is 475 g/mol. The van der Waals surface area contributed by atoms with E-state index in [4.69, 9.17) is 9.47 Å². The average molecular weight is 475 g/mol. The molecule has 6 nitrogen and oxygen atoms in total. The topological polar surface area (TPSA) is 82.6 Å². The van der Waals surface area contributed by atoms with Crippen molar-refractivity contribution < 1.29 is 37.0 Å². The van der Waals surface area contributed by atoms with Gasteiger partial charge in [0.15, 0.2) is 17.3 Å². The molecule has 2 aromatic rings. The molecular formula is C25H24F3NO5. The van der Waals surface area contributed by atoms with Crippen LogP contribution in [0.5, 0.6) is 0 Å². The number of carbonyl (C=O) groups is 3. The first kappa shape index (κ1) is 24.2. The van der Waals surface area contributed by atoms with E-state index >= 15 is 0 Å². The van der Waals surface area contributed by atoms with E-state index in [-0.39, 0.29) is 42.9 Å². The summed E-state index contributed by atoms with van der Waals surface area (Å²) in [5.41, 5.74) is -0.650. The fraction of sp³-hybridized carbons (Fsp3) is 0.440. The Morgan fingerprint density at radius 1 is 0.912 bits per heavy atom. The zero-order chi connectivity index (χ0) is 24.3. The smallest absolute Gasteiger partial charge is 0.374 e. The molecule has 2 unspecified atom stereocenters. The molecule has 2 aliphatic carbocycles. The lowest BCUT2D eigenvalue weighted by atomic mass is 9.75. The lowest BCUT2D eigenvalue weighted by Crippen LogP contribution is -2.42. The van der Waals surface area contributed by atoms with Crippen molar-refractivity contribution in [3.05, 3.63) is 65.0 Å². The van der Waals surface area contributed by atoms with Gasteiger partial charge in [-0.05, 0) is 37.0 Å². The number of nitrogens with zero attached hydrogens (tertiary/aromatic N) is 1. The van der Waals surface area contributed by atoms with Gasteiger partial charge in [-0.3, -0.25) is 14.4 Å². The van der Waals surface area contributed by atoms with Gasteiger partial charge in [0.2, 0.25) is 0 Å². The van der Waals surface area contributed by atoms with Gasteiger partial charge in [0.1, 0.15) is 11.6 Å². The van der Waals surface area contributed by atoms with Gasteiger partial charge >= 0.3 is 6.18 Å². The predicted octanol–water partition coefficient (Wildman–Crippen LogP) is 4.20. The zero-order valence-corrected chi connectivity index (χ0v) is 18.3. The summed E-state index contributed by atoms with van der Waals surface area (Å²) in [6, 6.07) is 11.1. The first-order chi connectivity index (χ1) is 16.3. The summed E-state index contributed by atoms with van der Waals surface area (Å²) in [5, 5.41) is 0. The van der Waals surface area contributed by atoms with Crippen LogP contribution in [0.4, 0.5) is 13.2 Å². The minimum Gasteiger partial charge on any atom is -0.374 e. The Morgan fingerprint density at radius 3 is 2.15 bits per heavy atom. The number of ether oxygens (including phenoxy) is 2. The van der Waals surface area contributed by atoms with E-state index in [0.717, 1.165) is 11.6 Å². The standard InChI is InChI=1S/C25H24F3NO5/c26-25(27,28)20-9-8-18(24(32)21-22(30)16-6-7-17(12-16)23(21)31)19(29-20)14-34-11-10-33-13-15-4-2-1-3-5-15/h1-5,8-9,16-17,21H,6-7,10-14H2. The minimum atomic E-state index is -4.72. The summed E-state index contributed by atoms with van der Waals surface area (Å²) in [6.45, 7) is 0.204. The number of hydrogen-bond donors (Lipinski definition) is 0. The molecule has 2 saturated carbocycles. The number of pyridine rings is 1. The zero-order valence-electron chi connectivity index (χ0n) is 18.3. The average Bonchev–Trinajstić information content (AvgIpc) is 3.27. The molecule has 4 rings (SSSR count). The van der Waals surface area contributed by atoms with Crippen molar-refractivity contribution in [2.75, 3.05) is 13.2 Å². The summed E-state index contributed by atoms with van der Waals surface area (Å²) in [6.07, 6.45) is -3.15. The van der Waals surface area contributed by atoms with Crippen molar-refractivity contribution >= 4 is 17.3 Å². The molecule has 180 valence electrons. The Kier molecular flexibility index (Phi) is 7.23. The summed E-state index contributed by atoms with van der Waals surface area (Å²) >= 11 is 0. The van der Waals surface area contributed by atoms with Crippen molar-refractivity contribution in [3.63, 3.8) is 0 Å². The van der Waals surface area contributed by atoms with Crippen LogP contribution >= 0.6 is 0 Å². The quantitative estimate of drug-likeness (QED) is 0.307. The van der Waals surface area contributed by atoms with Crippen LogP contribution in [0.1, 0.15) is 46.6 Å².